The van der Waals surface area contributed by atoms with Gasteiger partial charge in [0.15, 0.2) is 0 Å². The van der Waals surface area contributed by atoms with Gasteiger partial charge in [0.25, 0.3) is 5.56 Å². The van der Waals surface area contributed by atoms with Gasteiger partial charge in [-0.3, -0.25) is 9.48 Å². The number of hydrogen-bond acceptors (Lipinski definition) is 5. The molecule has 0 aromatic carbocycles. The standard InChI is InChI=1S/C12H16BrN5O2/c1-3-8-10(7-17(2)16-8)15-9-6-14-18(4-5-19)12(20)11(9)13/h6-7,15,19H,3-5H2,1-2H3. The summed E-state index contributed by atoms with van der Waals surface area (Å²) in [7, 11) is 1.84. The molecule has 8 heteroatoms. The lowest BCUT2D eigenvalue weighted by Gasteiger charge is -2.09. The van der Waals surface area contributed by atoms with Gasteiger partial charge in [-0.1, -0.05) is 6.92 Å². The summed E-state index contributed by atoms with van der Waals surface area (Å²) in [6.07, 6.45) is 4.19. The minimum Gasteiger partial charge on any atom is -0.394 e. The van der Waals surface area contributed by atoms with Gasteiger partial charge in [0.05, 0.1) is 36.4 Å². The summed E-state index contributed by atoms with van der Waals surface area (Å²) < 4.78 is 3.31. The van der Waals surface area contributed by atoms with Gasteiger partial charge in [-0.25, -0.2) is 4.68 Å². The number of aryl methyl sites for hydroxylation is 2. The lowest BCUT2D eigenvalue weighted by Crippen LogP contribution is -2.25. The van der Waals surface area contributed by atoms with Crippen LogP contribution in [-0.4, -0.2) is 31.3 Å². The van der Waals surface area contributed by atoms with Crippen LogP contribution in [0.5, 0.6) is 0 Å². The number of anilines is 2. The smallest absolute Gasteiger partial charge is 0.283 e. The molecule has 2 heterocycles. The molecule has 0 amide bonds. The molecule has 0 aliphatic rings. The van der Waals surface area contributed by atoms with Crippen molar-refractivity contribution in [2.75, 3.05) is 11.9 Å². The van der Waals surface area contributed by atoms with Gasteiger partial charge >= 0.3 is 0 Å². The SMILES string of the molecule is CCc1nn(C)cc1Nc1cnn(CCO)c(=O)c1Br. The zero-order chi connectivity index (χ0) is 14.7. The molecule has 108 valence electrons. The maximum Gasteiger partial charge on any atom is 0.283 e. The predicted molar refractivity (Wildman–Crippen MR) is 79.2 cm³/mol. The summed E-state index contributed by atoms with van der Waals surface area (Å²) in [6, 6.07) is 0. The number of aromatic nitrogens is 4. The third-order valence-electron chi connectivity index (χ3n) is 2.81. The third kappa shape index (κ3) is 2.91. The Morgan fingerprint density at radius 3 is 2.85 bits per heavy atom. The topological polar surface area (TPSA) is 85.0 Å². The van der Waals surface area contributed by atoms with Crippen LogP contribution in [0, 0.1) is 0 Å². The van der Waals surface area contributed by atoms with Crippen LogP contribution in [0.1, 0.15) is 12.6 Å². The van der Waals surface area contributed by atoms with E-state index in [9.17, 15) is 4.79 Å². The van der Waals surface area contributed by atoms with Crippen molar-refractivity contribution in [2.45, 2.75) is 19.9 Å². The normalized spacial score (nSPS) is 10.8. The van der Waals surface area contributed by atoms with E-state index in [0.717, 1.165) is 17.8 Å². The summed E-state index contributed by atoms with van der Waals surface area (Å²) in [5.41, 5.74) is 2.05. The fourth-order valence-corrected chi connectivity index (χ4v) is 2.26. The van der Waals surface area contributed by atoms with Crippen LogP contribution >= 0.6 is 15.9 Å². The minimum absolute atomic E-state index is 0.130. The van der Waals surface area contributed by atoms with Crippen molar-refractivity contribution in [3.05, 3.63) is 32.9 Å². The van der Waals surface area contributed by atoms with E-state index < -0.39 is 0 Å². The first-order valence-electron chi connectivity index (χ1n) is 6.22. The highest BCUT2D eigenvalue weighted by Gasteiger charge is 2.12. The van der Waals surface area contributed by atoms with Crippen LogP contribution in [0.25, 0.3) is 0 Å². The van der Waals surface area contributed by atoms with E-state index >= 15 is 0 Å². The highest BCUT2D eigenvalue weighted by molar-refractivity contribution is 9.10. The molecule has 0 atom stereocenters. The molecular weight excluding hydrogens is 326 g/mol. The minimum atomic E-state index is -0.286. The van der Waals surface area contributed by atoms with Crippen molar-refractivity contribution in [2.24, 2.45) is 7.05 Å². The first-order valence-corrected chi connectivity index (χ1v) is 7.02. The Bertz CT molecular complexity index is 664. The second-order valence-corrected chi connectivity index (χ2v) is 5.06. The monoisotopic (exact) mass is 341 g/mol. The van der Waals surface area contributed by atoms with Crippen LogP contribution in [0.4, 0.5) is 11.4 Å². The Morgan fingerprint density at radius 1 is 1.45 bits per heavy atom. The van der Waals surface area contributed by atoms with Crippen LogP contribution in [0.2, 0.25) is 0 Å². The zero-order valence-corrected chi connectivity index (χ0v) is 12.9. The van der Waals surface area contributed by atoms with Crippen LogP contribution in [0.3, 0.4) is 0 Å². The van der Waals surface area contributed by atoms with Crippen LogP contribution in [-0.2, 0) is 20.0 Å². The number of aliphatic hydroxyl groups excluding tert-OH is 1. The summed E-state index contributed by atoms with van der Waals surface area (Å²) >= 11 is 3.27. The quantitative estimate of drug-likeness (QED) is 0.848. The molecule has 7 nitrogen and oxygen atoms in total. The van der Waals surface area contributed by atoms with Crippen molar-refractivity contribution < 1.29 is 5.11 Å². The van der Waals surface area contributed by atoms with Gasteiger partial charge in [-0.2, -0.15) is 10.2 Å². The Morgan fingerprint density at radius 2 is 2.20 bits per heavy atom. The van der Waals surface area contributed by atoms with E-state index in [1.807, 2.05) is 20.2 Å². The van der Waals surface area contributed by atoms with Gasteiger partial charge in [0.2, 0.25) is 0 Å². The van der Waals surface area contributed by atoms with Crippen LogP contribution in [0.15, 0.2) is 21.7 Å². The maximum atomic E-state index is 12.0. The largest absolute Gasteiger partial charge is 0.394 e. The fourth-order valence-electron chi connectivity index (χ4n) is 1.85. The lowest BCUT2D eigenvalue weighted by atomic mass is 10.3. The summed E-state index contributed by atoms with van der Waals surface area (Å²) in [5.74, 6) is 0. The summed E-state index contributed by atoms with van der Waals surface area (Å²) in [5, 5.41) is 20.4. The number of rotatable bonds is 5. The predicted octanol–water partition coefficient (Wildman–Crippen LogP) is 1.04. The maximum absolute atomic E-state index is 12.0. The molecule has 0 spiro atoms. The van der Waals surface area contributed by atoms with Crippen molar-refractivity contribution in [1.29, 1.82) is 0 Å². The highest BCUT2D eigenvalue weighted by atomic mass is 79.9. The van der Waals surface area contributed by atoms with E-state index in [1.54, 1.807) is 10.9 Å². The molecule has 0 saturated carbocycles. The number of nitrogens with one attached hydrogen (secondary N) is 1. The average Bonchev–Trinajstić information content (AvgIpc) is 2.78. The molecule has 2 rings (SSSR count). The second kappa shape index (κ2) is 6.19. The molecule has 0 aliphatic heterocycles. The van der Waals surface area contributed by atoms with Gasteiger partial charge in [-0.05, 0) is 22.4 Å². The Kier molecular flexibility index (Phi) is 4.56. The third-order valence-corrected chi connectivity index (χ3v) is 3.57. The number of aliphatic hydroxyl groups is 1. The molecule has 0 radical (unpaired) electrons. The lowest BCUT2D eigenvalue weighted by molar-refractivity contribution is 0.266. The molecule has 0 bridgehead atoms. The number of halogens is 1. The average molecular weight is 342 g/mol. The van der Waals surface area contributed by atoms with Gasteiger partial charge < -0.3 is 10.4 Å². The zero-order valence-electron chi connectivity index (χ0n) is 11.3. The molecular formula is C12H16BrN5O2. The van der Waals surface area contributed by atoms with Crippen molar-refractivity contribution in [1.82, 2.24) is 19.6 Å². The second-order valence-electron chi connectivity index (χ2n) is 4.27. The first-order chi connectivity index (χ1) is 9.56. The fraction of sp³-hybridized carbons (Fsp3) is 0.417. The van der Waals surface area contributed by atoms with E-state index in [1.165, 1.54) is 4.68 Å². The van der Waals surface area contributed by atoms with E-state index in [-0.39, 0.29) is 18.7 Å². The number of nitrogens with zero attached hydrogens (tertiary/aromatic N) is 4. The summed E-state index contributed by atoms with van der Waals surface area (Å²) in [4.78, 5) is 12.0. The molecule has 2 N–H and O–H groups in total. The van der Waals surface area contributed by atoms with E-state index in [2.05, 4.69) is 31.4 Å². The molecule has 0 aliphatic carbocycles. The van der Waals surface area contributed by atoms with Gasteiger partial charge in [0.1, 0.15) is 4.47 Å². The Balaban J connectivity index is 2.34. The van der Waals surface area contributed by atoms with Crippen molar-refractivity contribution >= 4 is 27.3 Å². The van der Waals surface area contributed by atoms with Crippen LogP contribution < -0.4 is 10.9 Å². The Hall–Kier alpha value is -1.67. The highest BCUT2D eigenvalue weighted by Crippen LogP contribution is 2.24. The number of hydrogen-bond donors (Lipinski definition) is 2. The Labute approximate surface area is 124 Å². The molecule has 2 aromatic heterocycles. The van der Waals surface area contributed by atoms with Gasteiger partial charge in [-0.15, -0.1) is 0 Å². The first kappa shape index (κ1) is 14.7. The molecule has 2 aromatic rings. The van der Waals surface area contributed by atoms with E-state index in [4.69, 9.17) is 5.11 Å². The molecule has 0 saturated heterocycles. The van der Waals surface area contributed by atoms with E-state index in [0.29, 0.717) is 10.2 Å². The van der Waals surface area contributed by atoms with Crippen molar-refractivity contribution in [3.8, 4) is 0 Å². The van der Waals surface area contributed by atoms with Gasteiger partial charge in [0, 0.05) is 13.2 Å². The molecule has 20 heavy (non-hydrogen) atoms. The summed E-state index contributed by atoms with van der Waals surface area (Å²) in [6.45, 7) is 2.06. The van der Waals surface area contributed by atoms with Crippen molar-refractivity contribution in [3.63, 3.8) is 0 Å². The molecule has 0 unspecified atom stereocenters. The molecule has 0 fully saturated rings.